The summed E-state index contributed by atoms with van der Waals surface area (Å²) < 4.78 is 35.3. The van der Waals surface area contributed by atoms with Crippen LogP contribution in [0.3, 0.4) is 0 Å². The number of ether oxygens (including phenoxy) is 1. The smallest absolute Gasteiger partial charge is 0.277 e. The van der Waals surface area contributed by atoms with Crippen LogP contribution in [0, 0.1) is 6.92 Å². The molecule has 0 bridgehead atoms. The van der Waals surface area contributed by atoms with Gasteiger partial charge in [-0.15, -0.1) is 5.10 Å². The number of sulfonamides is 1. The predicted molar refractivity (Wildman–Crippen MR) is 147 cm³/mol. The molecule has 2 aromatic heterocycles. The fourth-order valence-electron chi connectivity index (χ4n) is 4.76. The van der Waals surface area contributed by atoms with Crippen LogP contribution in [-0.2, 0) is 10.0 Å². The van der Waals surface area contributed by atoms with Crippen molar-refractivity contribution in [2.24, 2.45) is 0 Å². The van der Waals surface area contributed by atoms with Gasteiger partial charge in [-0.3, -0.25) is 4.79 Å². The topological polar surface area (TPSA) is 110 Å². The highest BCUT2D eigenvalue weighted by molar-refractivity contribution is 7.89. The molecule has 0 fully saturated rings. The summed E-state index contributed by atoms with van der Waals surface area (Å²) in [7, 11) is -3.71. The van der Waals surface area contributed by atoms with Crippen molar-refractivity contribution in [3.8, 4) is 17.1 Å². The molecule has 0 saturated heterocycles. The molecule has 0 radical (unpaired) electrons. The zero-order valence-electron chi connectivity index (χ0n) is 23.0. The van der Waals surface area contributed by atoms with Crippen molar-refractivity contribution in [3.05, 3.63) is 40.1 Å². The Morgan fingerprint density at radius 3 is 2.43 bits per heavy atom. The highest BCUT2D eigenvalue weighted by atomic mass is 32.2. The minimum atomic E-state index is -3.71. The Balaban J connectivity index is 2.18. The van der Waals surface area contributed by atoms with Crippen molar-refractivity contribution in [3.63, 3.8) is 0 Å². The van der Waals surface area contributed by atoms with Gasteiger partial charge in [-0.1, -0.05) is 53.4 Å². The van der Waals surface area contributed by atoms with E-state index in [1.807, 2.05) is 13.8 Å². The molecule has 0 saturated carbocycles. The number of hydrogen-bond acceptors (Lipinski definition) is 6. The van der Waals surface area contributed by atoms with E-state index in [1.54, 1.807) is 24.4 Å². The van der Waals surface area contributed by atoms with Gasteiger partial charge in [0.05, 0.1) is 22.8 Å². The van der Waals surface area contributed by atoms with E-state index < -0.39 is 10.0 Å². The minimum Gasteiger partial charge on any atom is -0.493 e. The van der Waals surface area contributed by atoms with Crippen molar-refractivity contribution >= 4 is 15.5 Å². The maximum absolute atomic E-state index is 13.2. The van der Waals surface area contributed by atoms with Crippen LogP contribution in [-0.4, -0.2) is 52.0 Å². The molecule has 3 rings (SSSR count). The summed E-state index contributed by atoms with van der Waals surface area (Å²) in [5.74, 6) is 1.63. The summed E-state index contributed by atoms with van der Waals surface area (Å²) in [5.41, 5.74) is 1.14. The number of nitrogens with zero attached hydrogens (tertiary/aromatic N) is 4. The van der Waals surface area contributed by atoms with Crippen molar-refractivity contribution in [1.29, 1.82) is 0 Å². The zero-order chi connectivity index (χ0) is 27.2. The normalized spacial score (nSPS) is 12.9. The predicted octanol–water partition coefficient (Wildman–Crippen LogP) is 5.29. The quantitative estimate of drug-likeness (QED) is 0.283. The number of imidazole rings is 1. The number of rotatable bonds is 14. The van der Waals surface area contributed by atoms with Gasteiger partial charge in [0.15, 0.2) is 11.3 Å². The molecule has 204 valence electrons. The number of nitrogens with one attached hydrogen (secondary N) is 1. The monoisotopic (exact) mass is 531 g/mol. The van der Waals surface area contributed by atoms with E-state index in [-0.39, 0.29) is 22.2 Å². The highest BCUT2D eigenvalue weighted by Crippen LogP contribution is 2.32. The molecule has 0 amide bonds. The Morgan fingerprint density at radius 1 is 1.08 bits per heavy atom. The van der Waals surface area contributed by atoms with Crippen LogP contribution < -0.4 is 10.3 Å². The van der Waals surface area contributed by atoms with Gasteiger partial charge >= 0.3 is 0 Å². The van der Waals surface area contributed by atoms with Gasteiger partial charge in [0.25, 0.3) is 5.56 Å². The maximum atomic E-state index is 13.2. The summed E-state index contributed by atoms with van der Waals surface area (Å²) in [6.07, 6.45) is 6.49. The lowest BCUT2D eigenvalue weighted by Gasteiger charge is -2.19. The second-order valence-electron chi connectivity index (χ2n) is 9.25. The Morgan fingerprint density at radius 2 is 1.81 bits per heavy atom. The summed E-state index contributed by atoms with van der Waals surface area (Å²) in [4.78, 5) is 21.0. The lowest BCUT2D eigenvalue weighted by molar-refractivity contribution is 0.341. The first-order chi connectivity index (χ1) is 17.7. The molecule has 1 atom stereocenters. The molecular weight excluding hydrogens is 490 g/mol. The first-order valence-electron chi connectivity index (χ1n) is 13.5. The van der Waals surface area contributed by atoms with Crippen LogP contribution in [0.2, 0.25) is 0 Å². The second-order valence-corrected chi connectivity index (χ2v) is 11.2. The minimum absolute atomic E-state index is 0.127. The van der Waals surface area contributed by atoms with E-state index in [1.165, 1.54) is 35.7 Å². The zero-order valence-corrected chi connectivity index (χ0v) is 23.8. The number of unbranched alkanes of at least 4 members (excludes halogenated alkanes) is 3. The number of aromatic amines is 1. The molecule has 0 aliphatic heterocycles. The first kappa shape index (κ1) is 28.8. The molecule has 2 heterocycles. The molecular formula is C27H41N5O4S. The van der Waals surface area contributed by atoms with Gasteiger partial charge in [0.2, 0.25) is 10.0 Å². The number of aryl methyl sites for hydroxylation is 1. The van der Waals surface area contributed by atoms with Crippen LogP contribution in [0.1, 0.15) is 90.6 Å². The number of hydrogen-bond donors (Lipinski definition) is 1. The van der Waals surface area contributed by atoms with Crippen molar-refractivity contribution in [2.75, 3.05) is 19.7 Å². The van der Waals surface area contributed by atoms with Crippen molar-refractivity contribution in [2.45, 2.75) is 90.9 Å². The number of benzene rings is 1. The Hall–Kier alpha value is -2.72. The lowest BCUT2D eigenvalue weighted by Crippen LogP contribution is -2.30. The molecule has 1 N–H and O–H groups in total. The van der Waals surface area contributed by atoms with Crippen LogP contribution in [0.15, 0.2) is 27.9 Å². The van der Waals surface area contributed by atoms with E-state index in [4.69, 9.17) is 14.8 Å². The molecule has 1 unspecified atom stereocenters. The molecule has 9 nitrogen and oxygen atoms in total. The molecule has 3 aromatic rings. The summed E-state index contributed by atoms with van der Waals surface area (Å²) in [5, 5.41) is 4.80. The molecule has 37 heavy (non-hydrogen) atoms. The van der Waals surface area contributed by atoms with E-state index >= 15 is 0 Å². The Bertz CT molecular complexity index is 1360. The van der Waals surface area contributed by atoms with Gasteiger partial charge in [0, 0.05) is 19.0 Å². The standard InChI is InChI=1S/C27H41N5O4S/c1-7-12-13-14-15-20(8-2)26-28-19(6)24-27(33)29-25(30-32(24)26)22-18-21(16-17-23(22)36-11-5)37(34,35)31(9-3)10-4/h16-18,20H,7-15H2,1-6H3,(H,29,30,33). The van der Waals surface area contributed by atoms with Gasteiger partial charge in [-0.2, -0.15) is 4.31 Å². The van der Waals surface area contributed by atoms with Crippen LogP contribution in [0.5, 0.6) is 5.75 Å². The van der Waals surface area contributed by atoms with E-state index in [9.17, 15) is 13.2 Å². The highest BCUT2D eigenvalue weighted by Gasteiger charge is 2.25. The number of aromatic nitrogens is 4. The lowest BCUT2D eigenvalue weighted by atomic mass is 9.97. The second kappa shape index (κ2) is 12.7. The largest absolute Gasteiger partial charge is 0.493 e. The average molecular weight is 532 g/mol. The van der Waals surface area contributed by atoms with Crippen LogP contribution in [0.25, 0.3) is 16.9 Å². The number of H-pyrrole nitrogens is 1. The fourth-order valence-corrected chi connectivity index (χ4v) is 6.25. The van der Waals surface area contributed by atoms with Crippen LogP contribution in [0.4, 0.5) is 0 Å². The molecule has 1 aromatic carbocycles. The SMILES string of the molecule is CCCCCCC(CC)c1nc(C)c2c(=O)[nH]c(-c3cc(S(=O)(=O)N(CC)CC)ccc3OCC)nn12. The number of fused-ring (bicyclic) bond motifs is 1. The Labute approximate surface area is 220 Å². The van der Waals surface area contributed by atoms with E-state index in [0.29, 0.717) is 42.2 Å². The third-order valence-corrected chi connectivity index (χ3v) is 8.86. The summed E-state index contributed by atoms with van der Waals surface area (Å²) in [6, 6.07) is 4.70. The molecule has 10 heteroatoms. The third kappa shape index (κ3) is 6.06. The summed E-state index contributed by atoms with van der Waals surface area (Å²) >= 11 is 0. The van der Waals surface area contributed by atoms with Crippen molar-refractivity contribution < 1.29 is 13.2 Å². The fraction of sp³-hybridized carbons (Fsp3) is 0.593. The van der Waals surface area contributed by atoms with Gasteiger partial charge < -0.3 is 9.72 Å². The summed E-state index contributed by atoms with van der Waals surface area (Å²) in [6.45, 7) is 12.7. The van der Waals surface area contributed by atoms with Gasteiger partial charge in [-0.25, -0.2) is 17.9 Å². The van der Waals surface area contributed by atoms with E-state index in [2.05, 4.69) is 18.8 Å². The third-order valence-electron chi connectivity index (χ3n) is 6.81. The van der Waals surface area contributed by atoms with Crippen molar-refractivity contribution in [1.82, 2.24) is 23.9 Å². The molecule has 0 spiro atoms. The Kier molecular flexibility index (Phi) is 9.89. The maximum Gasteiger partial charge on any atom is 0.277 e. The van der Waals surface area contributed by atoms with Gasteiger partial charge in [0.1, 0.15) is 11.6 Å². The molecule has 0 aliphatic rings. The first-order valence-corrected chi connectivity index (χ1v) is 14.9. The molecule has 0 aliphatic carbocycles. The van der Waals surface area contributed by atoms with Gasteiger partial charge in [-0.05, 0) is 44.9 Å². The van der Waals surface area contributed by atoms with Crippen LogP contribution >= 0.6 is 0 Å². The van der Waals surface area contributed by atoms with E-state index in [0.717, 1.165) is 25.1 Å². The average Bonchev–Trinajstić information content (AvgIpc) is 3.21.